The number of methoxy groups -OCH3 is 2. The van der Waals surface area contributed by atoms with Gasteiger partial charge in [0.05, 0.1) is 19.7 Å². The van der Waals surface area contributed by atoms with Crippen LogP contribution >= 0.6 is 0 Å². The number of hydrogen-bond donors (Lipinski definition) is 1. The molecule has 10 heteroatoms. The van der Waals surface area contributed by atoms with Crippen LogP contribution in [0.25, 0.3) is 11.0 Å². The van der Waals surface area contributed by atoms with Crippen LogP contribution < -0.4 is 14.8 Å². The highest BCUT2D eigenvalue weighted by atomic mass is 19.1. The van der Waals surface area contributed by atoms with Gasteiger partial charge in [-0.2, -0.15) is 0 Å². The lowest BCUT2D eigenvalue weighted by atomic mass is 9.99. The van der Waals surface area contributed by atoms with E-state index in [1.807, 2.05) is 39.0 Å². The summed E-state index contributed by atoms with van der Waals surface area (Å²) >= 11 is 0. The first-order valence-corrected chi connectivity index (χ1v) is 12.5. The zero-order valence-corrected chi connectivity index (χ0v) is 22.6. The lowest BCUT2D eigenvalue weighted by molar-refractivity contribution is -0.142. The molecule has 0 saturated carbocycles. The number of fused-ring (bicyclic) bond motifs is 1. The van der Waals surface area contributed by atoms with E-state index in [1.165, 1.54) is 35.9 Å². The Balaban J connectivity index is 1.84. The maximum Gasteiger partial charge on any atom is 0.248 e. The van der Waals surface area contributed by atoms with Crippen molar-refractivity contribution in [2.45, 2.75) is 45.4 Å². The molecule has 0 saturated heterocycles. The van der Waals surface area contributed by atoms with E-state index in [1.54, 1.807) is 36.4 Å². The van der Waals surface area contributed by atoms with Crippen molar-refractivity contribution in [2.75, 3.05) is 14.2 Å². The Morgan fingerprint density at radius 1 is 1.00 bits per heavy atom. The van der Waals surface area contributed by atoms with E-state index in [4.69, 9.17) is 9.47 Å². The zero-order chi connectivity index (χ0) is 28.2. The van der Waals surface area contributed by atoms with Crippen LogP contribution in [0.4, 0.5) is 4.39 Å². The van der Waals surface area contributed by atoms with E-state index >= 15 is 0 Å². The third kappa shape index (κ3) is 6.34. The molecular weight excluding hydrogens is 501 g/mol. The van der Waals surface area contributed by atoms with E-state index in [9.17, 15) is 14.0 Å². The predicted octanol–water partition coefficient (Wildman–Crippen LogP) is 4.27. The van der Waals surface area contributed by atoms with Gasteiger partial charge in [-0.3, -0.25) is 9.59 Å². The number of benzene rings is 3. The number of hydrogen-bond acceptors (Lipinski definition) is 6. The number of carbonyl (C=O) groups excluding carboxylic acids is 2. The summed E-state index contributed by atoms with van der Waals surface area (Å²) in [6.45, 7) is 5.43. The number of nitrogens with zero attached hydrogens (tertiary/aromatic N) is 4. The summed E-state index contributed by atoms with van der Waals surface area (Å²) in [6.07, 6.45) is 0. The minimum atomic E-state index is -1.11. The molecule has 9 nitrogen and oxygen atoms in total. The number of ether oxygens (including phenoxy) is 2. The third-order valence-electron chi connectivity index (χ3n) is 6.08. The molecule has 39 heavy (non-hydrogen) atoms. The fraction of sp³-hybridized carbons (Fsp3) is 0.310. The standard InChI is InChI=1S/C29H32FN5O4/c1-29(2,3)31-28(37)26(21-9-8-12-24(38-4)27(21)39-5)34(17-19-13-15-20(30)16-14-19)25(36)18-35-23-11-7-6-10-22(23)32-33-35/h6-16,26H,17-18H2,1-5H3,(H,31,37). The average molecular weight is 534 g/mol. The second-order valence-corrected chi connectivity index (χ2v) is 10.1. The van der Waals surface area contributed by atoms with Crippen molar-refractivity contribution in [2.24, 2.45) is 0 Å². The number of nitrogens with one attached hydrogen (secondary N) is 1. The lowest BCUT2D eigenvalue weighted by Crippen LogP contribution is -2.49. The van der Waals surface area contributed by atoms with Crippen LogP contribution in [0.5, 0.6) is 11.5 Å². The molecule has 0 aliphatic carbocycles. The fourth-order valence-electron chi connectivity index (χ4n) is 4.38. The van der Waals surface area contributed by atoms with Crippen molar-refractivity contribution in [3.63, 3.8) is 0 Å². The van der Waals surface area contributed by atoms with Crippen molar-refractivity contribution >= 4 is 22.8 Å². The van der Waals surface area contributed by atoms with Crippen LogP contribution in [0.15, 0.2) is 66.7 Å². The molecule has 1 heterocycles. The first-order valence-electron chi connectivity index (χ1n) is 12.5. The number of para-hydroxylation sites is 2. The number of amides is 2. The van der Waals surface area contributed by atoms with E-state index in [-0.39, 0.29) is 13.1 Å². The average Bonchev–Trinajstić information content (AvgIpc) is 3.30. The highest BCUT2D eigenvalue weighted by molar-refractivity contribution is 5.90. The number of aromatic nitrogens is 3. The summed E-state index contributed by atoms with van der Waals surface area (Å²) in [7, 11) is 2.98. The van der Waals surface area contributed by atoms with Crippen LogP contribution in [0.2, 0.25) is 0 Å². The van der Waals surface area contributed by atoms with Crippen molar-refractivity contribution in [3.8, 4) is 11.5 Å². The Bertz CT molecular complexity index is 1460. The maximum absolute atomic E-state index is 14.1. The highest BCUT2D eigenvalue weighted by Gasteiger charge is 2.36. The predicted molar refractivity (Wildman–Crippen MR) is 145 cm³/mol. The van der Waals surface area contributed by atoms with Gasteiger partial charge in [-0.1, -0.05) is 41.6 Å². The molecule has 0 aliphatic rings. The summed E-state index contributed by atoms with van der Waals surface area (Å²) in [4.78, 5) is 29.5. The van der Waals surface area contributed by atoms with E-state index in [0.29, 0.717) is 33.7 Å². The third-order valence-corrected chi connectivity index (χ3v) is 6.08. The molecule has 4 rings (SSSR count). The van der Waals surface area contributed by atoms with Gasteiger partial charge in [0.2, 0.25) is 11.8 Å². The van der Waals surface area contributed by atoms with E-state index < -0.39 is 29.2 Å². The Hall–Kier alpha value is -4.47. The minimum Gasteiger partial charge on any atom is -0.493 e. The highest BCUT2D eigenvalue weighted by Crippen LogP contribution is 2.38. The van der Waals surface area contributed by atoms with Gasteiger partial charge in [0.25, 0.3) is 0 Å². The lowest BCUT2D eigenvalue weighted by Gasteiger charge is -2.34. The van der Waals surface area contributed by atoms with Crippen LogP contribution in [0.3, 0.4) is 0 Å². The van der Waals surface area contributed by atoms with Gasteiger partial charge in [-0.05, 0) is 56.7 Å². The topological polar surface area (TPSA) is 98.6 Å². The molecule has 3 aromatic carbocycles. The molecule has 1 N–H and O–H groups in total. The molecule has 0 aliphatic heterocycles. The monoisotopic (exact) mass is 533 g/mol. The molecule has 1 unspecified atom stereocenters. The molecule has 0 spiro atoms. The summed E-state index contributed by atoms with van der Waals surface area (Å²) < 4.78 is 26.4. The molecule has 0 fully saturated rings. The molecule has 0 radical (unpaired) electrons. The molecule has 0 bridgehead atoms. The number of rotatable bonds is 9. The summed E-state index contributed by atoms with van der Waals surface area (Å²) in [5.74, 6) is -0.457. The molecular formula is C29H32FN5O4. The van der Waals surface area contributed by atoms with Crippen LogP contribution in [-0.2, 0) is 22.7 Å². The maximum atomic E-state index is 14.1. The van der Waals surface area contributed by atoms with E-state index in [2.05, 4.69) is 15.6 Å². The van der Waals surface area contributed by atoms with Crippen molar-refractivity contribution in [1.29, 1.82) is 0 Å². The molecule has 204 valence electrons. The molecule has 2 amide bonds. The molecule has 4 aromatic rings. The Morgan fingerprint density at radius 3 is 2.38 bits per heavy atom. The van der Waals surface area contributed by atoms with E-state index in [0.717, 1.165) is 0 Å². The van der Waals surface area contributed by atoms with Crippen molar-refractivity contribution < 1.29 is 23.5 Å². The van der Waals surface area contributed by atoms with Gasteiger partial charge in [0.1, 0.15) is 23.9 Å². The Kier molecular flexibility index (Phi) is 8.13. The van der Waals surface area contributed by atoms with Gasteiger partial charge in [-0.25, -0.2) is 9.07 Å². The summed E-state index contributed by atoms with van der Waals surface area (Å²) in [5, 5.41) is 11.3. The normalized spacial score (nSPS) is 12.2. The van der Waals surface area contributed by atoms with Crippen molar-refractivity contribution in [3.05, 3.63) is 83.7 Å². The van der Waals surface area contributed by atoms with Crippen LogP contribution in [0.1, 0.15) is 37.9 Å². The van der Waals surface area contributed by atoms with Gasteiger partial charge in [0.15, 0.2) is 11.5 Å². The minimum absolute atomic E-state index is 0.0222. The van der Waals surface area contributed by atoms with Crippen LogP contribution in [0, 0.1) is 5.82 Å². The second kappa shape index (κ2) is 11.5. The van der Waals surface area contributed by atoms with Gasteiger partial charge in [-0.15, -0.1) is 5.10 Å². The quantitative estimate of drug-likeness (QED) is 0.345. The molecule has 1 atom stereocenters. The van der Waals surface area contributed by atoms with Gasteiger partial charge >= 0.3 is 0 Å². The Morgan fingerprint density at radius 2 is 1.72 bits per heavy atom. The SMILES string of the molecule is COc1cccc(C(C(=O)NC(C)(C)C)N(Cc2ccc(F)cc2)C(=O)Cn2nnc3ccccc32)c1OC. The first kappa shape index (κ1) is 27.6. The van der Waals surface area contributed by atoms with Gasteiger partial charge in [0, 0.05) is 17.6 Å². The van der Waals surface area contributed by atoms with Crippen molar-refractivity contribution in [1.82, 2.24) is 25.2 Å². The second-order valence-electron chi connectivity index (χ2n) is 10.1. The summed E-state index contributed by atoms with van der Waals surface area (Å²) in [6, 6.07) is 17.2. The fourth-order valence-corrected chi connectivity index (χ4v) is 4.38. The van der Waals surface area contributed by atoms with Crippen LogP contribution in [-0.4, -0.2) is 51.5 Å². The smallest absolute Gasteiger partial charge is 0.248 e. The number of halogens is 1. The molecule has 1 aromatic heterocycles. The first-order chi connectivity index (χ1) is 18.6. The van der Waals surface area contributed by atoms with Gasteiger partial charge < -0.3 is 19.7 Å². The Labute approximate surface area is 226 Å². The zero-order valence-electron chi connectivity index (χ0n) is 22.6. The summed E-state index contributed by atoms with van der Waals surface area (Å²) in [5.41, 5.74) is 1.82. The largest absolute Gasteiger partial charge is 0.493 e. The number of carbonyl (C=O) groups is 2.